The summed E-state index contributed by atoms with van der Waals surface area (Å²) in [5.41, 5.74) is 1.62. The minimum absolute atomic E-state index is 0.0621. The predicted octanol–water partition coefficient (Wildman–Crippen LogP) is 2.87. The number of carbonyl (C=O) groups excluding carboxylic acids is 1. The van der Waals surface area contributed by atoms with Gasteiger partial charge in [0.1, 0.15) is 10.6 Å². The highest BCUT2D eigenvalue weighted by Crippen LogP contribution is 2.36. The standard InChI is InChI=1S/C20H23N5O3S2/c1-12-21-14-10-13(2-3-15(14)28-12)22-18(27)16-11-17-19(29-16)23-20(30-17)25-6-4-24(5-7-25)8-9-26/h2-3,10-12,21,26H,4-9H2,1H3,(H,22,27). The molecule has 2 aliphatic heterocycles. The number of amides is 1. The highest BCUT2D eigenvalue weighted by molar-refractivity contribution is 7.29. The monoisotopic (exact) mass is 445 g/mol. The topological polar surface area (TPSA) is 90.0 Å². The van der Waals surface area contributed by atoms with Crippen LogP contribution in [-0.4, -0.2) is 66.5 Å². The molecule has 30 heavy (non-hydrogen) atoms. The molecule has 1 aromatic carbocycles. The molecule has 3 N–H and O–H groups in total. The van der Waals surface area contributed by atoms with E-state index in [1.807, 2.05) is 31.2 Å². The zero-order valence-electron chi connectivity index (χ0n) is 16.6. The molecule has 0 bridgehead atoms. The number of rotatable bonds is 5. The van der Waals surface area contributed by atoms with Crippen LogP contribution in [0.4, 0.5) is 16.5 Å². The number of hydrogen-bond acceptors (Lipinski definition) is 9. The lowest BCUT2D eigenvalue weighted by molar-refractivity contribution is 0.103. The maximum atomic E-state index is 12.7. The summed E-state index contributed by atoms with van der Waals surface area (Å²) in [5, 5.41) is 16.3. The number of ether oxygens (including phenoxy) is 1. The Hall–Kier alpha value is -2.40. The average Bonchev–Trinajstić information content (AvgIpc) is 3.40. The molecule has 1 unspecified atom stereocenters. The summed E-state index contributed by atoms with van der Waals surface area (Å²) in [7, 11) is 0. The molecule has 0 saturated carbocycles. The van der Waals surface area contributed by atoms with E-state index in [2.05, 4.69) is 20.4 Å². The number of hydrogen-bond donors (Lipinski definition) is 3. The van der Waals surface area contributed by atoms with Crippen LogP contribution in [0.3, 0.4) is 0 Å². The number of carbonyl (C=O) groups is 1. The maximum absolute atomic E-state index is 12.7. The fourth-order valence-corrected chi connectivity index (χ4v) is 5.89. The van der Waals surface area contributed by atoms with Crippen LogP contribution in [-0.2, 0) is 0 Å². The molecule has 5 rings (SSSR count). The maximum Gasteiger partial charge on any atom is 0.265 e. The van der Waals surface area contributed by atoms with Crippen molar-refractivity contribution in [3.63, 3.8) is 0 Å². The van der Waals surface area contributed by atoms with Gasteiger partial charge in [0.15, 0.2) is 11.4 Å². The van der Waals surface area contributed by atoms with Crippen molar-refractivity contribution in [2.75, 3.05) is 54.9 Å². The first-order chi connectivity index (χ1) is 14.6. The van der Waals surface area contributed by atoms with Crippen molar-refractivity contribution in [2.24, 2.45) is 0 Å². The Bertz CT molecular complexity index is 1040. The van der Waals surface area contributed by atoms with Crippen molar-refractivity contribution < 1.29 is 14.6 Å². The van der Waals surface area contributed by atoms with Crippen LogP contribution in [0.25, 0.3) is 9.53 Å². The zero-order valence-corrected chi connectivity index (χ0v) is 18.2. The van der Waals surface area contributed by atoms with Gasteiger partial charge in [-0.25, -0.2) is 4.98 Å². The number of piperazine rings is 1. The molecule has 1 amide bonds. The van der Waals surface area contributed by atoms with Gasteiger partial charge in [0.2, 0.25) is 0 Å². The van der Waals surface area contributed by atoms with Crippen LogP contribution in [0.1, 0.15) is 16.6 Å². The molecule has 158 valence electrons. The summed E-state index contributed by atoms with van der Waals surface area (Å²) in [6.07, 6.45) is -0.0621. The van der Waals surface area contributed by atoms with E-state index in [9.17, 15) is 4.79 Å². The van der Waals surface area contributed by atoms with E-state index in [1.54, 1.807) is 11.3 Å². The number of thiazole rings is 1. The Morgan fingerprint density at radius 3 is 2.90 bits per heavy atom. The molecular formula is C20H23N5O3S2. The van der Waals surface area contributed by atoms with Crippen LogP contribution >= 0.6 is 22.7 Å². The molecule has 2 aromatic heterocycles. The van der Waals surface area contributed by atoms with Gasteiger partial charge in [0.25, 0.3) is 5.91 Å². The Balaban J connectivity index is 1.25. The zero-order chi connectivity index (χ0) is 20.7. The second-order valence-electron chi connectivity index (χ2n) is 7.40. The largest absolute Gasteiger partial charge is 0.469 e. The smallest absolute Gasteiger partial charge is 0.265 e. The molecule has 1 atom stereocenters. The quantitative estimate of drug-likeness (QED) is 0.556. The van der Waals surface area contributed by atoms with Gasteiger partial charge in [-0.05, 0) is 31.2 Å². The van der Waals surface area contributed by atoms with E-state index in [4.69, 9.17) is 14.8 Å². The van der Waals surface area contributed by atoms with Gasteiger partial charge >= 0.3 is 0 Å². The molecule has 1 saturated heterocycles. The summed E-state index contributed by atoms with van der Waals surface area (Å²) in [6, 6.07) is 7.52. The fraction of sp³-hybridized carbons (Fsp3) is 0.400. The number of benzene rings is 1. The second kappa shape index (κ2) is 8.03. The van der Waals surface area contributed by atoms with Crippen LogP contribution in [0.15, 0.2) is 24.3 Å². The molecule has 0 radical (unpaired) electrons. The lowest BCUT2D eigenvalue weighted by atomic mass is 10.2. The highest BCUT2D eigenvalue weighted by Gasteiger charge is 2.22. The third-order valence-electron chi connectivity index (χ3n) is 5.26. The molecule has 0 spiro atoms. The van der Waals surface area contributed by atoms with Crippen LogP contribution < -0.4 is 20.3 Å². The number of thiophene rings is 1. The van der Waals surface area contributed by atoms with Gasteiger partial charge in [0.05, 0.1) is 21.9 Å². The van der Waals surface area contributed by atoms with Gasteiger partial charge in [-0.1, -0.05) is 11.3 Å². The summed E-state index contributed by atoms with van der Waals surface area (Å²) in [6.45, 7) is 6.54. The number of nitrogens with one attached hydrogen (secondary N) is 2. The van der Waals surface area contributed by atoms with E-state index < -0.39 is 0 Å². The highest BCUT2D eigenvalue weighted by atomic mass is 32.1. The number of aromatic nitrogens is 1. The van der Waals surface area contributed by atoms with Crippen molar-refractivity contribution in [1.29, 1.82) is 0 Å². The van der Waals surface area contributed by atoms with E-state index in [0.29, 0.717) is 4.88 Å². The van der Waals surface area contributed by atoms with Gasteiger partial charge in [-0.3, -0.25) is 9.69 Å². The lowest BCUT2D eigenvalue weighted by Gasteiger charge is -2.34. The third kappa shape index (κ3) is 3.83. The van der Waals surface area contributed by atoms with Crippen molar-refractivity contribution in [1.82, 2.24) is 9.88 Å². The van der Waals surface area contributed by atoms with Gasteiger partial charge in [0, 0.05) is 38.4 Å². The molecule has 1 fully saturated rings. The summed E-state index contributed by atoms with van der Waals surface area (Å²) >= 11 is 3.05. The normalized spacial score (nSPS) is 18.9. The molecule has 10 heteroatoms. The molecular weight excluding hydrogens is 422 g/mol. The molecule has 8 nitrogen and oxygen atoms in total. The van der Waals surface area contributed by atoms with Crippen molar-refractivity contribution >= 4 is 54.6 Å². The Labute approximate surface area is 182 Å². The third-order valence-corrected chi connectivity index (χ3v) is 7.48. The first-order valence-corrected chi connectivity index (χ1v) is 11.6. The Morgan fingerprint density at radius 2 is 2.13 bits per heavy atom. The average molecular weight is 446 g/mol. The minimum atomic E-state index is -0.128. The SMILES string of the molecule is CC1Nc2cc(NC(=O)c3cc4sc(N5CCN(CCO)CC5)nc4s3)ccc2O1. The van der Waals surface area contributed by atoms with Crippen LogP contribution in [0.5, 0.6) is 5.75 Å². The molecule has 4 heterocycles. The summed E-state index contributed by atoms with van der Waals surface area (Å²) < 4.78 is 6.65. The van der Waals surface area contributed by atoms with Crippen LogP contribution in [0, 0.1) is 0 Å². The number of nitrogens with zero attached hydrogens (tertiary/aromatic N) is 3. The number of β-amino-alcohol motifs (C(OH)–C–C–N with tert-alkyl or cyclic N) is 1. The van der Waals surface area contributed by atoms with Crippen LogP contribution in [0.2, 0.25) is 0 Å². The molecule has 0 aliphatic carbocycles. The fourth-order valence-electron chi connectivity index (χ4n) is 3.73. The van der Waals surface area contributed by atoms with Crippen molar-refractivity contribution in [2.45, 2.75) is 13.2 Å². The number of aliphatic hydroxyl groups excluding tert-OH is 1. The number of anilines is 3. The van der Waals surface area contributed by atoms with E-state index >= 15 is 0 Å². The first-order valence-electron chi connectivity index (χ1n) is 9.96. The number of fused-ring (bicyclic) bond motifs is 2. The Kier molecular flexibility index (Phi) is 5.23. The Morgan fingerprint density at radius 1 is 1.30 bits per heavy atom. The summed E-state index contributed by atoms with van der Waals surface area (Å²) in [4.78, 5) is 23.6. The van der Waals surface area contributed by atoms with E-state index in [0.717, 1.165) is 64.5 Å². The van der Waals surface area contributed by atoms with E-state index in [-0.39, 0.29) is 18.7 Å². The van der Waals surface area contributed by atoms with Crippen molar-refractivity contribution in [3.8, 4) is 5.75 Å². The second-order valence-corrected chi connectivity index (χ2v) is 9.44. The summed E-state index contributed by atoms with van der Waals surface area (Å²) in [5.74, 6) is 0.669. The van der Waals surface area contributed by atoms with Gasteiger partial charge in [-0.2, -0.15) is 0 Å². The minimum Gasteiger partial charge on any atom is -0.469 e. The number of aliphatic hydroxyl groups is 1. The molecule has 3 aromatic rings. The molecule has 2 aliphatic rings. The van der Waals surface area contributed by atoms with Gasteiger partial charge < -0.3 is 25.4 Å². The van der Waals surface area contributed by atoms with E-state index in [1.165, 1.54) is 11.3 Å². The van der Waals surface area contributed by atoms with Crippen molar-refractivity contribution in [3.05, 3.63) is 29.1 Å². The lowest BCUT2D eigenvalue weighted by Crippen LogP contribution is -2.47. The first kappa shape index (κ1) is 19.6. The predicted molar refractivity (Wildman–Crippen MR) is 121 cm³/mol. The van der Waals surface area contributed by atoms with Gasteiger partial charge in [-0.15, -0.1) is 11.3 Å².